The summed E-state index contributed by atoms with van der Waals surface area (Å²) in [6, 6.07) is -0.106. The van der Waals surface area contributed by atoms with Gasteiger partial charge in [0.2, 0.25) is 5.91 Å². The van der Waals surface area contributed by atoms with Gasteiger partial charge in [-0.1, -0.05) is 6.92 Å². The molecule has 1 saturated heterocycles. The summed E-state index contributed by atoms with van der Waals surface area (Å²) in [4.78, 5) is 13.1. The maximum Gasteiger partial charge on any atom is 0.234 e. The quantitative estimate of drug-likeness (QED) is 0.716. The molecule has 0 radical (unpaired) electrons. The average molecular weight is 202 g/mol. The fourth-order valence-electron chi connectivity index (χ4n) is 1.48. The number of nitrogens with zero attached hydrogens (tertiary/aromatic N) is 1. The number of thioether (sulfide) groups is 1. The molecule has 0 aliphatic carbocycles. The van der Waals surface area contributed by atoms with E-state index in [0.717, 1.165) is 25.3 Å². The van der Waals surface area contributed by atoms with E-state index >= 15 is 0 Å². The van der Waals surface area contributed by atoms with Crippen LogP contribution in [-0.4, -0.2) is 40.9 Å². The highest BCUT2D eigenvalue weighted by Crippen LogP contribution is 2.19. The molecule has 4 heteroatoms. The van der Waals surface area contributed by atoms with Gasteiger partial charge in [-0.3, -0.25) is 9.69 Å². The Hall–Kier alpha value is -0.220. The van der Waals surface area contributed by atoms with Crippen LogP contribution in [0.25, 0.3) is 0 Å². The minimum Gasteiger partial charge on any atom is -0.368 e. The second-order valence-corrected chi connectivity index (χ2v) is 5.13. The molecule has 0 bridgehead atoms. The van der Waals surface area contributed by atoms with Crippen molar-refractivity contribution in [3.05, 3.63) is 0 Å². The monoisotopic (exact) mass is 202 g/mol. The highest BCUT2D eigenvalue weighted by atomic mass is 32.2. The van der Waals surface area contributed by atoms with Crippen molar-refractivity contribution in [1.29, 1.82) is 0 Å². The van der Waals surface area contributed by atoms with E-state index in [2.05, 4.69) is 11.8 Å². The van der Waals surface area contributed by atoms with Crippen LogP contribution < -0.4 is 5.73 Å². The maximum atomic E-state index is 11.0. The zero-order chi connectivity index (χ0) is 9.84. The summed E-state index contributed by atoms with van der Waals surface area (Å²) in [7, 11) is 0. The zero-order valence-electron chi connectivity index (χ0n) is 8.32. The first kappa shape index (κ1) is 10.9. The molecule has 1 aliphatic heterocycles. The van der Waals surface area contributed by atoms with Gasteiger partial charge >= 0.3 is 0 Å². The van der Waals surface area contributed by atoms with Gasteiger partial charge in [0.15, 0.2) is 0 Å². The summed E-state index contributed by atoms with van der Waals surface area (Å²) in [5, 5.41) is 0.713. The van der Waals surface area contributed by atoms with Gasteiger partial charge in [0.1, 0.15) is 0 Å². The second-order valence-electron chi connectivity index (χ2n) is 3.58. The van der Waals surface area contributed by atoms with Crippen LogP contribution in [0.5, 0.6) is 0 Å². The fourth-order valence-corrected chi connectivity index (χ4v) is 2.50. The summed E-state index contributed by atoms with van der Waals surface area (Å²) < 4.78 is 0. The highest BCUT2D eigenvalue weighted by Gasteiger charge is 2.21. The molecular weight excluding hydrogens is 184 g/mol. The SMILES string of the molecule is CC1CCN(C(C)C(N)=O)CCS1. The van der Waals surface area contributed by atoms with Crippen molar-refractivity contribution in [3.8, 4) is 0 Å². The molecule has 2 atom stereocenters. The number of primary amides is 1. The predicted octanol–water partition coefficient (Wildman–Crippen LogP) is 0.688. The van der Waals surface area contributed by atoms with Crippen LogP contribution in [0.1, 0.15) is 20.3 Å². The van der Waals surface area contributed by atoms with Crippen LogP contribution >= 0.6 is 11.8 Å². The Bertz CT molecular complexity index is 186. The Balaban J connectivity index is 2.46. The molecule has 2 N–H and O–H groups in total. The third-order valence-corrected chi connectivity index (χ3v) is 3.79. The van der Waals surface area contributed by atoms with Crippen molar-refractivity contribution >= 4 is 17.7 Å². The lowest BCUT2D eigenvalue weighted by Gasteiger charge is -2.24. The molecule has 76 valence electrons. The molecule has 0 saturated carbocycles. The molecule has 0 aromatic rings. The Morgan fingerprint density at radius 3 is 2.92 bits per heavy atom. The minimum atomic E-state index is -0.209. The normalized spacial score (nSPS) is 28.0. The lowest BCUT2D eigenvalue weighted by Crippen LogP contribution is -2.43. The van der Waals surface area contributed by atoms with Crippen LogP contribution in [0.4, 0.5) is 0 Å². The van der Waals surface area contributed by atoms with Crippen LogP contribution in [0.2, 0.25) is 0 Å². The van der Waals surface area contributed by atoms with Crippen LogP contribution in [0, 0.1) is 0 Å². The Labute approximate surface area is 84.0 Å². The van der Waals surface area contributed by atoms with Gasteiger partial charge in [-0.2, -0.15) is 11.8 Å². The molecule has 0 aromatic heterocycles. The lowest BCUT2D eigenvalue weighted by molar-refractivity contribution is -0.122. The first-order valence-corrected chi connectivity index (χ1v) is 5.81. The van der Waals surface area contributed by atoms with Gasteiger partial charge < -0.3 is 5.73 Å². The molecule has 1 amide bonds. The van der Waals surface area contributed by atoms with Crippen LogP contribution in [0.15, 0.2) is 0 Å². The molecule has 1 fully saturated rings. The van der Waals surface area contributed by atoms with E-state index in [4.69, 9.17) is 5.73 Å². The second kappa shape index (κ2) is 4.86. The van der Waals surface area contributed by atoms with Crippen molar-refractivity contribution in [2.24, 2.45) is 5.73 Å². The van der Waals surface area contributed by atoms with Gasteiger partial charge in [0, 0.05) is 17.5 Å². The molecular formula is C9H18N2OS. The summed E-state index contributed by atoms with van der Waals surface area (Å²) in [6.07, 6.45) is 1.16. The molecule has 1 heterocycles. The van der Waals surface area contributed by atoms with Crippen molar-refractivity contribution in [1.82, 2.24) is 4.90 Å². The summed E-state index contributed by atoms with van der Waals surface area (Å²) >= 11 is 1.98. The van der Waals surface area contributed by atoms with Crippen molar-refractivity contribution < 1.29 is 4.79 Å². The topological polar surface area (TPSA) is 46.3 Å². The number of hydrogen-bond acceptors (Lipinski definition) is 3. The van der Waals surface area contributed by atoms with Crippen molar-refractivity contribution in [3.63, 3.8) is 0 Å². The predicted molar refractivity (Wildman–Crippen MR) is 56.8 cm³/mol. The van der Waals surface area contributed by atoms with Gasteiger partial charge in [-0.05, 0) is 19.9 Å². The first-order chi connectivity index (χ1) is 6.11. The lowest BCUT2D eigenvalue weighted by atomic mass is 10.2. The van der Waals surface area contributed by atoms with Gasteiger partial charge in [-0.25, -0.2) is 0 Å². The van der Waals surface area contributed by atoms with E-state index in [9.17, 15) is 4.79 Å². The van der Waals surface area contributed by atoms with E-state index in [1.807, 2.05) is 18.7 Å². The van der Waals surface area contributed by atoms with Crippen molar-refractivity contribution in [2.45, 2.75) is 31.6 Å². The standard InChI is InChI=1S/C9H18N2OS/c1-7-3-4-11(5-6-13-7)8(2)9(10)12/h7-8H,3-6H2,1-2H3,(H2,10,12). The number of nitrogens with two attached hydrogens (primary N) is 1. The third kappa shape index (κ3) is 3.19. The van der Waals surface area contributed by atoms with Crippen molar-refractivity contribution in [2.75, 3.05) is 18.8 Å². The Morgan fingerprint density at radius 2 is 2.31 bits per heavy atom. The maximum absolute atomic E-state index is 11.0. The highest BCUT2D eigenvalue weighted by molar-refractivity contribution is 7.99. The van der Waals surface area contributed by atoms with E-state index in [0.29, 0.717) is 5.25 Å². The molecule has 0 aromatic carbocycles. The number of carbonyl (C=O) groups is 1. The fraction of sp³-hybridized carbons (Fsp3) is 0.889. The zero-order valence-corrected chi connectivity index (χ0v) is 9.14. The van der Waals surface area contributed by atoms with E-state index in [1.54, 1.807) is 0 Å². The molecule has 1 aliphatic rings. The molecule has 13 heavy (non-hydrogen) atoms. The average Bonchev–Trinajstić information content (AvgIpc) is 2.28. The molecule has 1 rings (SSSR count). The smallest absolute Gasteiger partial charge is 0.234 e. The first-order valence-electron chi connectivity index (χ1n) is 4.76. The van der Waals surface area contributed by atoms with Gasteiger partial charge in [0.05, 0.1) is 6.04 Å². The number of rotatable bonds is 2. The summed E-state index contributed by atoms with van der Waals surface area (Å²) in [5.74, 6) is 0.901. The summed E-state index contributed by atoms with van der Waals surface area (Å²) in [5.41, 5.74) is 5.27. The molecule has 3 nitrogen and oxygen atoms in total. The number of hydrogen-bond donors (Lipinski definition) is 1. The molecule has 2 unspecified atom stereocenters. The third-order valence-electron chi connectivity index (χ3n) is 2.56. The van der Waals surface area contributed by atoms with E-state index in [-0.39, 0.29) is 11.9 Å². The van der Waals surface area contributed by atoms with E-state index in [1.165, 1.54) is 0 Å². The van der Waals surface area contributed by atoms with E-state index < -0.39 is 0 Å². The van der Waals surface area contributed by atoms with Crippen LogP contribution in [0.3, 0.4) is 0 Å². The Kier molecular flexibility index (Phi) is 4.06. The van der Waals surface area contributed by atoms with Gasteiger partial charge in [0.25, 0.3) is 0 Å². The summed E-state index contributed by atoms with van der Waals surface area (Å²) in [6.45, 7) is 6.11. The molecule has 0 spiro atoms. The Morgan fingerprint density at radius 1 is 1.62 bits per heavy atom. The number of carbonyl (C=O) groups excluding carboxylic acids is 1. The van der Waals surface area contributed by atoms with Gasteiger partial charge in [-0.15, -0.1) is 0 Å². The van der Waals surface area contributed by atoms with Crippen LogP contribution in [-0.2, 0) is 4.79 Å². The minimum absolute atomic E-state index is 0.106. The largest absolute Gasteiger partial charge is 0.368 e. The number of amides is 1.